The minimum absolute atomic E-state index is 0.0390. The molecule has 2 N–H and O–H groups in total. The number of esters is 1. The highest BCUT2D eigenvalue weighted by molar-refractivity contribution is 5.99. The Bertz CT molecular complexity index is 974. The van der Waals surface area contributed by atoms with Crippen molar-refractivity contribution in [3.63, 3.8) is 0 Å². The number of ether oxygens (including phenoxy) is 2. The molecule has 0 unspecified atom stereocenters. The monoisotopic (exact) mass is 364 g/mol. The molecular weight excluding hydrogens is 347 g/mol. The van der Waals surface area contributed by atoms with Gasteiger partial charge < -0.3 is 15.2 Å². The van der Waals surface area contributed by atoms with Crippen LogP contribution in [0.3, 0.4) is 0 Å². The van der Waals surface area contributed by atoms with Crippen molar-refractivity contribution in [1.82, 2.24) is 0 Å². The number of benzene rings is 2. The van der Waals surface area contributed by atoms with Crippen molar-refractivity contribution in [1.29, 1.82) is 5.26 Å². The van der Waals surface area contributed by atoms with Gasteiger partial charge >= 0.3 is 5.97 Å². The van der Waals surface area contributed by atoms with E-state index >= 15 is 0 Å². The first-order valence-electron chi connectivity index (χ1n) is 8.37. The van der Waals surface area contributed by atoms with Crippen molar-refractivity contribution in [2.24, 2.45) is 5.73 Å². The standard InChI is InChI=1S/C21H17FN2O3/c1-2-26-21(25)18-17(14-10-6-7-11-16(14)22)15(12-23)20(24)27-19(18)13-8-4-3-5-9-13/h3-11,17H,2,24H2,1H3/t17-/m0/s1. The molecule has 0 spiro atoms. The van der Waals surface area contributed by atoms with Crippen LogP contribution in [0.4, 0.5) is 4.39 Å². The Hall–Kier alpha value is -3.59. The van der Waals surface area contributed by atoms with Gasteiger partial charge in [0.2, 0.25) is 5.88 Å². The smallest absolute Gasteiger partial charge is 0.338 e. The van der Waals surface area contributed by atoms with E-state index in [1.807, 2.05) is 12.1 Å². The number of hydrogen-bond acceptors (Lipinski definition) is 5. The average molecular weight is 364 g/mol. The second-order valence-corrected chi connectivity index (χ2v) is 5.78. The first kappa shape index (κ1) is 18.2. The maximum atomic E-state index is 14.6. The van der Waals surface area contributed by atoms with Crippen LogP contribution in [0.5, 0.6) is 0 Å². The lowest BCUT2D eigenvalue weighted by molar-refractivity contribution is -0.138. The Kier molecular flexibility index (Phi) is 5.23. The van der Waals surface area contributed by atoms with E-state index in [1.165, 1.54) is 18.2 Å². The third-order valence-electron chi connectivity index (χ3n) is 4.17. The summed E-state index contributed by atoms with van der Waals surface area (Å²) in [4.78, 5) is 12.8. The summed E-state index contributed by atoms with van der Waals surface area (Å²) in [6.45, 7) is 1.79. The molecule has 136 valence electrons. The molecule has 3 rings (SSSR count). The lowest BCUT2D eigenvalue weighted by Crippen LogP contribution is -2.26. The summed E-state index contributed by atoms with van der Waals surface area (Å²) in [6.07, 6.45) is 0. The van der Waals surface area contributed by atoms with Gasteiger partial charge in [0.25, 0.3) is 0 Å². The molecule has 1 aliphatic heterocycles. The maximum absolute atomic E-state index is 14.6. The molecule has 1 atom stereocenters. The van der Waals surface area contributed by atoms with Gasteiger partial charge in [-0.2, -0.15) is 5.26 Å². The van der Waals surface area contributed by atoms with Crippen molar-refractivity contribution in [2.45, 2.75) is 12.8 Å². The molecule has 0 saturated carbocycles. The molecule has 0 aliphatic carbocycles. The molecule has 2 aromatic rings. The second-order valence-electron chi connectivity index (χ2n) is 5.78. The van der Waals surface area contributed by atoms with Crippen molar-refractivity contribution >= 4 is 11.7 Å². The molecule has 1 aliphatic rings. The van der Waals surface area contributed by atoms with Crippen LogP contribution < -0.4 is 5.73 Å². The predicted molar refractivity (Wildman–Crippen MR) is 97.0 cm³/mol. The average Bonchev–Trinajstić information content (AvgIpc) is 2.68. The SMILES string of the molecule is CCOC(=O)C1=C(c2ccccc2)OC(N)=C(C#N)[C@@H]1c1ccccc1F. The van der Waals surface area contributed by atoms with Crippen LogP contribution in [0.15, 0.2) is 71.6 Å². The summed E-state index contributed by atoms with van der Waals surface area (Å²) in [5.74, 6) is -2.29. The van der Waals surface area contributed by atoms with Crippen LogP contribution in [0.25, 0.3) is 5.76 Å². The Balaban J connectivity index is 2.31. The van der Waals surface area contributed by atoms with E-state index in [0.29, 0.717) is 5.56 Å². The first-order chi connectivity index (χ1) is 13.1. The molecule has 0 amide bonds. The number of hydrogen-bond donors (Lipinski definition) is 1. The Morgan fingerprint density at radius 1 is 1.22 bits per heavy atom. The first-order valence-corrected chi connectivity index (χ1v) is 8.37. The fourth-order valence-corrected chi connectivity index (χ4v) is 3.00. The molecule has 0 saturated heterocycles. The highest BCUT2D eigenvalue weighted by Gasteiger charge is 2.39. The van der Waals surface area contributed by atoms with E-state index < -0.39 is 17.7 Å². The van der Waals surface area contributed by atoms with Crippen molar-refractivity contribution in [3.05, 3.63) is 88.6 Å². The molecule has 0 radical (unpaired) electrons. The van der Waals surface area contributed by atoms with Crippen molar-refractivity contribution in [3.8, 4) is 6.07 Å². The summed E-state index contributed by atoms with van der Waals surface area (Å²) in [5, 5.41) is 9.61. The maximum Gasteiger partial charge on any atom is 0.338 e. The Morgan fingerprint density at radius 3 is 2.52 bits per heavy atom. The van der Waals surface area contributed by atoms with Crippen LogP contribution in [0, 0.1) is 17.1 Å². The van der Waals surface area contributed by atoms with Gasteiger partial charge in [-0.05, 0) is 13.0 Å². The number of halogens is 1. The minimum atomic E-state index is -1.03. The molecule has 0 fully saturated rings. The van der Waals surface area contributed by atoms with Crippen LogP contribution >= 0.6 is 0 Å². The van der Waals surface area contributed by atoms with Gasteiger partial charge in [0.1, 0.15) is 23.2 Å². The topological polar surface area (TPSA) is 85.3 Å². The second kappa shape index (κ2) is 7.75. The normalized spacial score (nSPS) is 16.6. The Labute approximate surface area is 156 Å². The van der Waals surface area contributed by atoms with E-state index in [4.69, 9.17) is 15.2 Å². The number of allylic oxidation sites excluding steroid dienone is 1. The zero-order chi connectivity index (χ0) is 19.4. The predicted octanol–water partition coefficient (Wildman–Crippen LogP) is 3.61. The quantitative estimate of drug-likeness (QED) is 0.838. The van der Waals surface area contributed by atoms with Gasteiger partial charge in [-0.25, -0.2) is 9.18 Å². The van der Waals surface area contributed by atoms with E-state index in [2.05, 4.69) is 0 Å². The van der Waals surface area contributed by atoms with E-state index in [9.17, 15) is 14.4 Å². The van der Waals surface area contributed by atoms with Gasteiger partial charge in [-0.15, -0.1) is 0 Å². The summed E-state index contributed by atoms with van der Waals surface area (Å²) < 4.78 is 25.4. The van der Waals surface area contributed by atoms with Crippen LogP contribution in [0.1, 0.15) is 24.0 Å². The van der Waals surface area contributed by atoms with Gasteiger partial charge in [0, 0.05) is 11.1 Å². The third-order valence-corrected chi connectivity index (χ3v) is 4.17. The van der Waals surface area contributed by atoms with Crippen molar-refractivity contribution in [2.75, 3.05) is 6.61 Å². The zero-order valence-electron chi connectivity index (χ0n) is 14.6. The molecule has 2 aromatic carbocycles. The van der Waals surface area contributed by atoms with Crippen molar-refractivity contribution < 1.29 is 18.7 Å². The van der Waals surface area contributed by atoms with Gasteiger partial charge in [0.15, 0.2) is 0 Å². The van der Waals surface area contributed by atoms with Gasteiger partial charge in [0.05, 0.1) is 18.1 Å². The fraction of sp³-hybridized carbons (Fsp3) is 0.143. The lowest BCUT2D eigenvalue weighted by Gasteiger charge is -2.28. The summed E-state index contributed by atoms with van der Waals surface area (Å²) >= 11 is 0. The summed E-state index contributed by atoms with van der Waals surface area (Å²) in [6, 6.07) is 16.7. The van der Waals surface area contributed by atoms with Gasteiger partial charge in [-0.3, -0.25) is 0 Å². The number of nitriles is 1. The highest BCUT2D eigenvalue weighted by Crippen LogP contribution is 2.43. The molecule has 1 heterocycles. The lowest BCUT2D eigenvalue weighted by atomic mass is 9.81. The van der Waals surface area contributed by atoms with Crippen LogP contribution in [0.2, 0.25) is 0 Å². The van der Waals surface area contributed by atoms with E-state index in [0.717, 1.165) is 0 Å². The summed E-state index contributed by atoms with van der Waals surface area (Å²) in [5.41, 5.74) is 6.68. The van der Waals surface area contributed by atoms with E-state index in [-0.39, 0.29) is 35.0 Å². The largest absolute Gasteiger partial charge is 0.463 e. The number of rotatable bonds is 4. The molecular formula is C21H17FN2O3. The number of carbonyl (C=O) groups excluding carboxylic acids is 1. The highest BCUT2D eigenvalue weighted by atomic mass is 19.1. The molecule has 0 bridgehead atoms. The van der Waals surface area contributed by atoms with Gasteiger partial charge in [-0.1, -0.05) is 48.5 Å². The number of nitrogens with zero attached hydrogens (tertiary/aromatic N) is 1. The van der Waals surface area contributed by atoms with E-state index in [1.54, 1.807) is 37.3 Å². The molecule has 6 heteroatoms. The number of carbonyl (C=O) groups is 1. The van der Waals surface area contributed by atoms with Crippen LogP contribution in [-0.2, 0) is 14.3 Å². The minimum Gasteiger partial charge on any atom is -0.463 e. The third kappa shape index (κ3) is 3.40. The molecule has 0 aromatic heterocycles. The number of nitrogens with two attached hydrogens (primary N) is 1. The summed E-state index contributed by atoms with van der Waals surface area (Å²) in [7, 11) is 0. The zero-order valence-corrected chi connectivity index (χ0v) is 14.6. The molecule has 5 nitrogen and oxygen atoms in total. The molecule has 27 heavy (non-hydrogen) atoms. The van der Waals surface area contributed by atoms with Crippen LogP contribution in [-0.4, -0.2) is 12.6 Å². The Morgan fingerprint density at radius 2 is 1.89 bits per heavy atom. The fourth-order valence-electron chi connectivity index (χ4n) is 3.00.